The molecule has 0 radical (unpaired) electrons. The number of hydrogen-bond acceptors (Lipinski definition) is 4. The molecule has 1 aliphatic rings. The van der Waals surface area contributed by atoms with Gasteiger partial charge in [0.15, 0.2) is 5.16 Å². The Morgan fingerprint density at radius 2 is 2.00 bits per heavy atom. The molecule has 5 heteroatoms. The second-order valence-electron chi connectivity index (χ2n) is 5.36. The molecular formula is C16H22N4S. The SMILES string of the molecule is c1ccc(NCCCSc2nnc3n2CCCCC3)cc1. The first-order valence-corrected chi connectivity index (χ1v) is 8.76. The number of aromatic nitrogens is 3. The van der Waals surface area contributed by atoms with Crippen LogP contribution in [-0.4, -0.2) is 27.1 Å². The fourth-order valence-electron chi connectivity index (χ4n) is 2.59. The standard InChI is InChI=1S/C16H22N4S/c1-3-8-14(9-4-1)17-11-7-13-21-16-19-18-15-10-5-2-6-12-20(15)16/h1,3-4,8-9,17H,2,5-7,10-13H2. The summed E-state index contributed by atoms with van der Waals surface area (Å²) in [6.45, 7) is 2.09. The maximum Gasteiger partial charge on any atom is 0.191 e. The van der Waals surface area contributed by atoms with Gasteiger partial charge in [0.05, 0.1) is 0 Å². The molecule has 112 valence electrons. The number of nitrogens with zero attached hydrogens (tertiary/aromatic N) is 3. The molecule has 0 aliphatic carbocycles. The molecule has 1 aromatic heterocycles. The van der Waals surface area contributed by atoms with E-state index in [1.807, 2.05) is 17.8 Å². The molecule has 0 atom stereocenters. The van der Waals surface area contributed by atoms with E-state index in [2.05, 4.69) is 44.3 Å². The lowest BCUT2D eigenvalue weighted by atomic mass is 10.2. The predicted molar refractivity (Wildman–Crippen MR) is 87.8 cm³/mol. The van der Waals surface area contributed by atoms with E-state index in [0.717, 1.165) is 36.8 Å². The van der Waals surface area contributed by atoms with Gasteiger partial charge >= 0.3 is 0 Å². The third-order valence-corrected chi connectivity index (χ3v) is 4.78. The third kappa shape index (κ3) is 4.00. The molecule has 0 bridgehead atoms. The summed E-state index contributed by atoms with van der Waals surface area (Å²) in [4.78, 5) is 0. The number of anilines is 1. The van der Waals surface area contributed by atoms with Crippen molar-refractivity contribution in [1.82, 2.24) is 14.8 Å². The number of para-hydroxylation sites is 1. The topological polar surface area (TPSA) is 42.7 Å². The highest BCUT2D eigenvalue weighted by molar-refractivity contribution is 7.99. The Labute approximate surface area is 130 Å². The minimum absolute atomic E-state index is 0.998. The van der Waals surface area contributed by atoms with Crippen molar-refractivity contribution in [3.8, 4) is 0 Å². The van der Waals surface area contributed by atoms with Crippen LogP contribution in [0.5, 0.6) is 0 Å². The van der Waals surface area contributed by atoms with Crippen molar-refractivity contribution < 1.29 is 0 Å². The van der Waals surface area contributed by atoms with Gasteiger partial charge in [0.1, 0.15) is 5.82 Å². The summed E-state index contributed by atoms with van der Waals surface area (Å²) < 4.78 is 2.32. The predicted octanol–water partition coefficient (Wildman–Crippen LogP) is 3.60. The smallest absolute Gasteiger partial charge is 0.191 e. The number of fused-ring (bicyclic) bond motifs is 1. The van der Waals surface area contributed by atoms with Crippen molar-refractivity contribution in [2.45, 2.75) is 43.8 Å². The van der Waals surface area contributed by atoms with Crippen molar-refractivity contribution in [3.63, 3.8) is 0 Å². The fourth-order valence-corrected chi connectivity index (χ4v) is 3.51. The van der Waals surface area contributed by atoms with Crippen LogP contribution in [0.25, 0.3) is 0 Å². The average Bonchev–Trinajstić information content (AvgIpc) is 2.76. The molecule has 2 heterocycles. The minimum atomic E-state index is 0.998. The van der Waals surface area contributed by atoms with Crippen LogP contribution in [0.3, 0.4) is 0 Å². The Morgan fingerprint density at radius 1 is 1.10 bits per heavy atom. The van der Waals surface area contributed by atoms with E-state index in [1.54, 1.807) is 0 Å². The van der Waals surface area contributed by atoms with Gasteiger partial charge in [0.25, 0.3) is 0 Å². The molecule has 0 saturated heterocycles. The van der Waals surface area contributed by atoms with Crippen LogP contribution in [0.4, 0.5) is 5.69 Å². The van der Waals surface area contributed by atoms with E-state index in [-0.39, 0.29) is 0 Å². The molecule has 0 amide bonds. The van der Waals surface area contributed by atoms with E-state index in [9.17, 15) is 0 Å². The van der Waals surface area contributed by atoms with Crippen molar-refractivity contribution in [2.24, 2.45) is 0 Å². The number of thioether (sulfide) groups is 1. The highest BCUT2D eigenvalue weighted by atomic mass is 32.2. The van der Waals surface area contributed by atoms with Gasteiger partial charge in [0.2, 0.25) is 0 Å². The quantitative estimate of drug-likeness (QED) is 0.654. The van der Waals surface area contributed by atoms with Gasteiger partial charge < -0.3 is 9.88 Å². The molecule has 4 nitrogen and oxygen atoms in total. The van der Waals surface area contributed by atoms with Crippen LogP contribution in [0.1, 0.15) is 31.5 Å². The van der Waals surface area contributed by atoms with E-state index >= 15 is 0 Å². The zero-order valence-electron chi connectivity index (χ0n) is 12.3. The van der Waals surface area contributed by atoms with E-state index in [1.165, 1.54) is 30.8 Å². The summed E-state index contributed by atoms with van der Waals surface area (Å²) in [5, 5.41) is 13.2. The summed E-state index contributed by atoms with van der Waals surface area (Å²) in [6, 6.07) is 10.4. The number of aryl methyl sites for hydroxylation is 1. The molecule has 1 aliphatic heterocycles. The lowest BCUT2D eigenvalue weighted by molar-refractivity contribution is 0.591. The Morgan fingerprint density at radius 3 is 2.90 bits per heavy atom. The third-order valence-electron chi connectivity index (χ3n) is 3.73. The first-order chi connectivity index (χ1) is 10.4. The molecule has 3 rings (SSSR count). The summed E-state index contributed by atoms with van der Waals surface area (Å²) in [5.74, 6) is 2.26. The zero-order valence-corrected chi connectivity index (χ0v) is 13.1. The van der Waals surface area contributed by atoms with Crippen LogP contribution < -0.4 is 5.32 Å². The molecule has 0 fully saturated rings. The lowest BCUT2D eigenvalue weighted by Gasteiger charge is -2.07. The van der Waals surface area contributed by atoms with Crippen LogP contribution >= 0.6 is 11.8 Å². The molecule has 1 aromatic carbocycles. The van der Waals surface area contributed by atoms with Crippen molar-refractivity contribution in [2.75, 3.05) is 17.6 Å². The van der Waals surface area contributed by atoms with Crippen LogP contribution in [-0.2, 0) is 13.0 Å². The number of rotatable bonds is 6. The Bertz CT molecular complexity index is 553. The van der Waals surface area contributed by atoms with Crippen molar-refractivity contribution >= 4 is 17.4 Å². The molecule has 2 aromatic rings. The Balaban J connectivity index is 1.42. The van der Waals surface area contributed by atoms with Gasteiger partial charge in [-0.3, -0.25) is 0 Å². The first-order valence-electron chi connectivity index (χ1n) is 7.77. The summed E-state index contributed by atoms with van der Waals surface area (Å²) in [6.07, 6.45) is 6.04. The minimum Gasteiger partial charge on any atom is -0.385 e. The highest BCUT2D eigenvalue weighted by Crippen LogP contribution is 2.22. The van der Waals surface area contributed by atoms with Crippen LogP contribution in [0.15, 0.2) is 35.5 Å². The summed E-state index contributed by atoms with van der Waals surface area (Å²) in [5.41, 5.74) is 1.19. The molecule has 1 N–H and O–H groups in total. The van der Waals surface area contributed by atoms with Crippen molar-refractivity contribution in [3.05, 3.63) is 36.2 Å². The second-order valence-corrected chi connectivity index (χ2v) is 6.42. The lowest BCUT2D eigenvalue weighted by Crippen LogP contribution is -2.04. The monoisotopic (exact) mass is 302 g/mol. The fraction of sp³-hybridized carbons (Fsp3) is 0.500. The average molecular weight is 302 g/mol. The molecular weight excluding hydrogens is 280 g/mol. The number of benzene rings is 1. The van der Waals surface area contributed by atoms with Gasteiger partial charge in [-0.2, -0.15) is 0 Å². The van der Waals surface area contributed by atoms with Gasteiger partial charge in [-0.05, 0) is 31.4 Å². The number of hydrogen-bond donors (Lipinski definition) is 1. The zero-order chi connectivity index (χ0) is 14.3. The van der Waals surface area contributed by atoms with Gasteiger partial charge in [-0.15, -0.1) is 10.2 Å². The highest BCUT2D eigenvalue weighted by Gasteiger charge is 2.14. The van der Waals surface area contributed by atoms with Crippen LogP contribution in [0, 0.1) is 0 Å². The molecule has 0 spiro atoms. The summed E-state index contributed by atoms with van der Waals surface area (Å²) in [7, 11) is 0. The largest absolute Gasteiger partial charge is 0.385 e. The van der Waals surface area contributed by atoms with Gasteiger partial charge in [-0.1, -0.05) is 36.4 Å². The van der Waals surface area contributed by atoms with Crippen LogP contribution in [0.2, 0.25) is 0 Å². The van der Waals surface area contributed by atoms with E-state index in [4.69, 9.17) is 0 Å². The van der Waals surface area contributed by atoms with Gasteiger partial charge in [-0.25, -0.2) is 0 Å². The maximum atomic E-state index is 4.35. The van der Waals surface area contributed by atoms with E-state index < -0.39 is 0 Å². The normalized spacial score (nSPS) is 14.5. The Hall–Kier alpha value is -1.49. The maximum absolute atomic E-state index is 4.35. The van der Waals surface area contributed by atoms with Crippen molar-refractivity contribution in [1.29, 1.82) is 0 Å². The Kier molecular flexibility index (Phi) is 5.16. The summed E-state index contributed by atoms with van der Waals surface area (Å²) >= 11 is 1.84. The number of nitrogens with one attached hydrogen (secondary N) is 1. The molecule has 21 heavy (non-hydrogen) atoms. The second kappa shape index (κ2) is 7.50. The molecule has 0 unspecified atom stereocenters. The van der Waals surface area contributed by atoms with Gasteiger partial charge in [0, 0.05) is 31.0 Å². The first kappa shape index (κ1) is 14.4. The molecule has 0 saturated carbocycles. The van der Waals surface area contributed by atoms with E-state index in [0.29, 0.717) is 0 Å².